The van der Waals surface area contributed by atoms with Crippen molar-refractivity contribution in [3.05, 3.63) is 59.2 Å². The summed E-state index contributed by atoms with van der Waals surface area (Å²) in [6.45, 7) is 3.61. The van der Waals surface area contributed by atoms with Crippen LogP contribution in [0.1, 0.15) is 68.7 Å². The first kappa shape index (κ1) is 36.8. The lowest BCUT2D eigenvalue weighted by Gasteiger charge is -2.34. The minimum atomic E-state index is -4.03. The fourth-order valence-corrected chi connectivity index (χ4v) is 6.09. The van der Waals surface area contributed by atoms with Crippen LogP contribution in [0.25, 0.3) is 0 Å². The number of nitrogens with one attached hydrogen (secondary N) is 3. The summed E-state index contributed by atoms with van der Waals surface area (Å²) in [5, 5.41) is 16.6. The van der Waals surface area contributed by atoms with Crippen LogP contribution in [0.5, 0.6) is 0 Å². The molecule has 1 aromatic heterocycles. The quantitative estimate of drug-likeness (QED) is 0.254. The molecule has 14 heteroatoms. The van der Waals surface area contributed by atoms with Crippen LogP contribution < -0.4 is 16.0 Å². The number of aliphatic hydroxyl groups excluding tert-OH is 1. The zero-order valence-corrected chi connectivity index (χ0v) is 27.4. The number of nitrogens with zero attached hydrogens (tertiary/aromatic N) is 3. The molecule has 262 valence electrons. The van der Waals surface area contributed by atoms with Crippen LogP contribution in [0.4, 0.5) is 18.9 Å². The van der Waals surface area contributed by atoms with Gasteiger partial charge in [0.2, 0.25) is 17.7 Å². The van der Waals surface area contributed by atoms with Gasteiger partial charge in [-0.25, -0.2) is 4.39 Å². The Labute approximate surface area is 278 Å². The highest BCUT2D eigenvalue weighted by atomic mass is 19.3. The van der Waals surface area contributed by atoms with Crippen molar-refractivity contribution in [2.24, 2.45) is 5.92 Å². The molecule has 0 spiro atoms. The van der Waals surface area contributed by atoms with Gasteiger partial charge in [-0.1, -0.05) is 38.7 Å². The molecule has 0 bridgehead atoms. The number of likely N-dealkylation sites (N-methyl/N-ethyl adjacent to an activating group) is 1. The van der Waals surface area contributed by atoms with E-state index in [1.54, 1.807) is 11.8 Å². The van der Waals surface area contributed by atoms with Gasteiger partial charge in [0.25, 0.3) is 5.91 Å². The molecule has 48 heavy (non-hydrogen) atoms. The van der Waals surface area contributed by atoms with Crippen molar-refractivity contribution < 1.29 is 37.5 Å². The van der Waals surface area contributed by atoms with Crippen molar-refractivity contribution in [2.75, 3.05) is 38.5 Å². The average molecular weight is 675 g/mol. The maximum Gasteiger partial charge on any atom is 0.351 e. The second-order valence-electron chi connectivity index (χ2n) is 12.6. The van der Waals surface area contributed by atoms with Crippen LogP contribution in [-0.4, -0.2) is 88.8 Å². The first-order chi connectivity index (χ1) is 22.9. The molecule has 2 atom stereocenters. The number of pyridine rings is 1. The van der Waals surface area contributed by atoms with Crippen LogP contribution in [0.15, 0.2) is 36.5 Å². The van der Waals surface area contributed by atoms with E-state index in [1.807, 2.05) is 7.05 Å². The molecule has 2 aromatic rings. The molecule has 2 fully saturated rings. The zero-order valence-electron chi connectivity index (χ0n) is 27.4. The number of carbonyl (C=O) groups excluding carboxylic acids is 4. The summed E-state index contributed by atoms with van der Waals surface area (Å²) < 4.78 is 45.9. The Morgan fingerprint density at radius 1 is 1.00 bits per heavy atom. The summed E-state index contributed by atoms with van der Waals surface area (Å²) in [5.74, 6) is -8.39. The number of benzene rings is 1. The predicted octanol–water partition coefficient (Wildman–Crippen LogP) is 3.11. The van der Waals surface area contributed by atoms with Gasteiger partial charge in [-0.15, -0.1) is 0 Å². The van der Waals surface area contributed by atoms with Gasteiger partial charge in [0.1, 0.15) is 17.9 Å². The number of carbonyl (C=O) groups is 4. The molecular weight excluding hydrogens is 629 g/mol. The van der Waals surface area contributed by atoms with Gasteiger partial charge < -0.3 is 30.9 Å². The first-order valence-electron chi connectivity index (χ1n) is 16.5. The van der Waals surface area contributed by atoms with Crippen LogP contribution in [0, 0.1) is 11.7 Å². The van der Waals surface area contributed by atoms with Gasteiger partial charge in [-0.2, -0.15) is 8.78 Å². The molecule has 4 N–H and O–H groups in total. The van der Waals surface area contributed by atoms with E-state index in [9.17, 15) is 19.2 Å². The minimum Gasteiger partial charge on any atom is -0.390 e. The van der Waals surface area contributed by atoms with Crippen molar-refractivity contribution in [3.63, 3.8) is 0 Å². The van der Waals surface area contributed by atoms with E-state index in [2.05, 4.69) is 25.8 Å². The van der Waals surface area contributed by atoms with E-state index >= 15 is 13.2 Å². The minimum absolute atomic E-state index is 0.0199. The second-order valence-corrected chi connectivity index (χ2v) is 12.6. The molecular formula is C34H45F3N6O5. The predicted molar refractivity (Wildman–Crippen MR) is 172 cm³/mol. The van der Waals surface area contributed by atoms with Crippen molar-refractivity contribution in [1.82, 2.24) is 25.4 Å². The number of hydrogen-bond donors (Lipinski definition) is 4. The van der Waals surface area contributed by atoms with E-state index < -0.39 is 53.7 Å². The highest BCUT2D eigenvalue weighted by Crippen LogP contribution is 2.31. The average Bonchev–Trinajstić information content (AvgIpc) is 3.37. The molecule has 11 nitrogen and oxygen atoms in total. The van der Waals surface area contributed by atoms with E-state index in [-0.39, 0.29) is 36.0 Å². The number of halogens is 3. The summed E-state index contributed by atoms with van der Waals surface area (Å²) in [6.07, 6.45) is 5.34. The summed E-state index contributed by atoms with van der Waals surface area (Å²) in [5.41, 5.74) is -0.352. The van der Waals surface area contributed by atoms with Gasteiger partial charge in [0, 0.05) is 50.8 Å². The summed E-state index contributed by atoms with van der Waals surface area (Å²) >= 11 is 0. The van der Waals surface area contributed by atoms with Gasteiger partial charge in [0.15, 0.2) is 0 Å². The third-order valence-corrected chi connectivity index (χ3v) is 9.08. The van der Waals surface area contributed by atoms with Crippen LogP contribution in [0.3, 0.4) is 0 Å². The van der Waals surface area contributed by atoms with Gasteiger partial charge in [-0.05, 0) is 55.6 Å². The lowest BCUT2D eigenvalue weighted by molar-refractivity contribution is -0.149. The number of alkyl halides is 2. The van der Waals surface area contributed by atoms with Crippen LogP contribution in [-0.2, 0) is 38.1 Å². The third-order valence-electron chi connectivity index (χ3n) is 9.08. The maximum absolute atomic E-state index is 15.5. The SMILES string of the molecule is CCC(=O)NC(Cc1ccc(NC(=O)C(NC(=O)C(F)(F)c2ccc(CO)nc2)C2CCCCCC2)c(F)c1)C(=O)N1CCN(C)CC1. The number of aliphatic hydroxyl groups is 1. The summed E-state index contributed by atoms with van der Waals surface area (Å²) in [7, 11) is 1.96. The monoisotopic (exact) mass is 674 g/mol. The standard InChI is InChI=1S/C34H45F3N6O5/c1-3-29(45)39-28(32(47)43-16-14-42(2)15-17-43)19-22-10-13-27(26(35)18-22)40-31(46)30(23-8-6-4-5-7-9-23)41-33(48)34(36,37)24-11-12-25(21-44)38-20-24/h10-13,18,20,23,28,30,44H,3-9,14-17,19,21H2,1-2H3,(H,39,45)(H,40,46)(H,41,48). The lowest BCUT2D eigenvalue weighted by atomic mass is 9.90. The Balaban J connectivity index is 1.50. The van der Waals surface area contributed by atoms with E-state index in [0.717, 1.165) is 44.0 Å². The molecule has 1 aliphatic carbocycles. The number of anilines is 1. The van der Waals surface area contributed by atoms with Crippen molar-refractivity contribution in [2.45, 2.75) is 82.9 Å². The third kappa shape index (κ3) is 9.53. The van der Waals surface area contributed by atoms with Crippen molar-refractivity contribution in [3.8, 4) is 0 Å². The Morgan fingerprint density at radius 3 is 2.27 bits per heavy atom. The molecule has 4 amide bonds. The van der Waals surface area contributed by atoms with Crippen LogP contribution in [0.2, 0.25) is 0 Å². The zero-order chi connectivity index (χ0) is 34.8. The molecule has 2 aliphatic rings. The topological polar surface area (TPSA) is 144 Å². The highest BCUT2D eigenvalue weighted by Gasteiger charge is 2.44. The maximum atomic E-state index is 15.5. The lowest BCUT2D eigenvalue weighted by Crippen LogP contribution is -2.54. The van der Waals surface area contributed by atoms with Gasteiger partial charge >= 0.3 is 5.92 Å². The normalized spacial score (nSPS) is 17.6. The smallest absolute Gasteiger partial charge is 0.351 e. The molecule has 1 saturated carbocycles. The number of aromatic nitrogens is 1. The second kappa shape index (κ2) is 16.9. The molecule has 2 unspecified atom stereocenters. The van der Waals surface area contributed by atoms with Crippen molar-refractivity contribution in [1.29, 1.82) is 0 Å². The van der Waals surface area contributed by atoms with E-state index in [0.29, 0.717) is 44.6 Å². The Kier molecular flexibility index (Phi) is 12.9. The van der Waals surface area contributed by atoms with Gasteiger partial charge in [-0.3, -0.25) is 24.2 Å². The van der Waals surface area contributed by atoms with E-state index in [1.165, 1.54) is 18.2 Å². The number of hydrogen-bond acceptors (Lipinski definition) is 7. The van der Waals surface area contributed by atoms with Gasteiger partial charge in [0.05, 0.1) is 18.0 Å². The fourth-order valence-electron chi connectivity index (χ4n) is 6.09. The number of rotatable bonds is 12. The molecule has 4 rings (SSSR count). The number of amides is 4. The molecule has 0 radical (unpaired) electrons. The van der Waals surface area contributed by atoms with Crippen molar-refractivity contribution >= 4 is 29.3 Å². The summed E-state index contributed by atoms with van der Waals surface area (Å²) in [4.78, 5) is 59.6. The fraction of sp³-hybridized carbons (Fsp3) is 0.559. The number of piperazine rings is 1. The Hall–Kier alpha value is -4.04. The Morgan fingerprint density at radius 2 is 1.69 bits per heavy atom. The molecule has 2 heterocycles. The van der Waals surface area contributed by atoms with Crippen LogP contribution >= 0.6 is 0 Å². The molecule has 1 saturated heterocycles. The first-order valence-corrected chi connectivity index (χ1v) is 16.5. The molecule has 1 aromatic carbocycles. The molecule has 1 aliphatic heterocycles. The van der Waals surface area contributed by atoms with E-state index in [4.69, 9.17) is 5.11 Å². The largest absolute Gasteiger partial charge is 0.390 e. The Bertz CT molecular complexity index is 1430. The highest BCUT2D eigenvalue weighted by molar-refractivity contribution is 5.98. The summed E-state index contributed by atoms with van der Waals surface area (Å²) in [6, 6.07) is 3.91.